The molecular weight excluding hydrogens is 341 g/mol. The lowest BCUT2D eigenvalue weighted by Gasteiger charge is -2.48. The SMILES string of the molecule is Cc1c(Cl)cc2c3c(c(=O)n(C)c2c1F)CCC1CN(C)C(C)CN31. The van der Waals surface area contributed by atoms with Gasteiger partial charge < -0.3 is 9.47 Å². The predicted molar refractivity (Wildman–Crippen MR) is 100 cm³/mol. The number of aryl methyl sites for hydroxylation is 1. The number of benzene rings is 1. The molecule has 0 radical (unpaired) electrons. The second-order valence-corrected chi connectivity index (χ2v) is 7.93. The van der Waals surface area contributed by atoms with Crippen molar-refractivity contribution in [3.05, 3.63) is 38.4 Å². The summed E-state index contributed by atoms with van der Waals surface area (Å²) >= 11 is 6.30. The summed E-state index contributed by atoms with van der Waals surface area (Å²) in [7, 11) is 3.79. The number of hydrogen-bond acceptors (Lipinski definition) is 3. The Kier molecular flexibility index (Phi) is 3.85. The number of fused-ring (bicyclic) bond motifs is 5. The number of anilines is 1. The summed E-state index contributed by atoms with van der Waals surface area (Å²) in [5.74, 6) is -0.394. The van der Waals surface area contributed by atoms with Crippen LogP contribution in [0.25, 0.3) is 10.9 Å². The van der Waals surface area contributed by atoms with Gasteiger partial charge in [0, 0.05) is 53.8 Å². The largest absolute Gasteiger partial charge is 0.365 e. The van der Waals surface area contributed by atoms with Crippen LogP contribution in [0, 0.1) is 12.7 Å². The Morgan fingerprint density at radius 3 is 2.72 bits per heavy atom. The topological polar surface area (TPSA) is 28.5 Å². The normalized spacial score (nSPS) is 23.7. The predicted octanol–water partition coefficient (Wildman–Crippen LogP) is 3.09. The first-order chi connectivity index (χ1) is 11.8. The summed E-state index contributed by atoms with van der Waals surface area (Å²) in [6.45, 7) is 5.64. The lowest BCUT2D eigenvalue weighted by atomic mass is 9.91. The van der Waals surface area contributed by atoms with Crippen LogP contribution in [0.5, 0.6) is 0 Å². The van der Waals surface area contributed by atoms with E-state index in [4.69, 9.17) is 11.6 Å². The van der Waals surface area contributed by atoms with Crippen LogP contribution in [0.1, 0.15) is 24.5 Å². The summed E-state index contributed by atoms with van der Waals surface area (Å²) in [5, 5.41) is 1.17. The van der Waals surface area contributed by atoms with Gasteiger partial charge in [-0.2, -0.15) is 0 Å². The van der Waals surface area contributed by atoms with Gasteiger partial charge in [0.05, 0.1) is 11.2 Å². The molecule has 0 bridgehead atoms. The number of piperazine rings is 1. The highest BCUT2D eigenvalue weighted by atomic mass is 35.5. The van der Waals surface area contributed by atoms with E-state index in [0.717, 1.165) is 42.6 Å². The van der Waals surface area contributed by atoms with E-state index in [9.17, 15) is 9.18 Å². The van der Waals surface area contributed by atoms with Crippen LogP contribution in [0.15, 0.2) is 10.9 Å². The van der Waals surface area contributed by atoms with Gasteiger partial charge in [-0.3, -0.25) is 9.69 Å². The van der Waals surface area contributed by atoms with Crippen LogP contribution in [-0.4, -0.2) is 41.7 Å². The van der Waals surface area contributed by atoms with Crippen molar-refractivity contribution >= 4 is 28.2 Å². The molecule has 0 spiro atoms. The van der Waals surface area contributed by atoms with Gasteiger partial charge in [-0.1, -0.05) is 11.6 Å². The van der Waals surface area contributed by atoms with E-state index in [1.165, 1.54) is 4.57 Å². The maximum absolute atomic E-state index is 15.0. The zero-order valence-corrected chi connectivity index (χ0v) is 15.8. The highest BCUT2D eigenvalue weighted by Crippen LogP contribution is 2.40. The summed E-state index contributed by atoms with van der Waals surface area (Å²) in [4.78, 5) is 17.6. The number of aromatic nitrogens is 1. The fourth-order valence-electron chi connectivity index (χ4n) is 4.35. The first-order valence-corrected chi connectivity index (χ1v) is 9.16. The lowest BCUT2D eigenvalue weighted by molar-refractivity contribution is 0.192. The van der Waals surface area contributed by atoms with Crippen LogP contribution < -0.4 is 10.5 Å². The molecule has 3 heterocycles. The molecule has 1 fully saturated rings. The Balaban J connectivity index is 2.06. The Bertz CT molecular complexity index is 939. The maximum Gasteiger partial charge on any atom is 0.256 e. The number of rotatable bonds is 0. The van der Waals surface area contributed by atoms with Crippen molar-refractivity contribution in [2.75, 3.05) is 25.0 Å². The third-order valence-electron chi connectivity index (χ3n) is 6.03. The molecule has 25 heavy (non-hydrogen) atoms. The number of hydrogen-bond donors (Lipinski definition) is 0. The fourth-order valence-corrected chi connectivity index (χ4v) is 4.54. The van der Waals surface area contributed by atoms with Gasteiger partial charge in [0.1, 0.15) is 0 Å². The number of likely N-dealkylation sites (N-methyl/N-ethyl adjacent to an activating group) is 1. The van der Waals surface area contributed by atoms with Crippen LogP contribution in [0.4, 0.5) is 10.1 Å². The molecule has 1 aromatic heterocycles. The third kappa shape index (κ3) is 2.32. The molecule has 6 heteroatoms. The van der Waals surface area contributed by atoms with Gasteiger partial charge in [-0.25, -0.2) is 4.39 Å². The molecule has 2 aromatic rings. The molecule has 4 rings (SSSR count). The summed E-state index contributed by atoms with van der Waals surface area (Å²) in [6, 6.07) is 2.57. The molecule has 0 saturated carbocycles. The molecule has 2 aliphatic rings. The van der Waals surface area contributed by atoms with E-state index < -0.39 is 5.82 Å². The monoisotopic (exact) mass is 363 g/mol. The summed E-state index contributed by atoms with van der Waals surface area (Å²) < 4.78 is 16.4. The quantitative estimate of drug-likeness (QED) is 0.720. The van der Waals surface area contributed by atoms with Crippen molar-refractivity contribution in [2.45, 2.75) is 38.8 Å². The van der Waals surface area contributed by atoms with E-state index in [2.05, 4.69) is 23.8 Å². The molecule has 2 aliphatic heterocycles. The number of halogens is 2. The van der Waals surface area contributed by atoms with E-state index in [1.54, 1.807) is 14.0 Å². The summed E-state index contributed by atoms with van der Waals surface area (Å²) in [5.41, 5.74) is 2.35. The minimum atomic E-state index is -0.394. The smallest absolute Gasteiger partial charge is 0.256 e. The number of pyridine rings is 1. The molecule has 2 unspecified atom stereocenters. The molecule has 1 aromatic carbocycles. The first-order valence-electron chi connectivity index (χ1n) is 8.78. The minimum Gasteiger partial charge on any atom is -0.365 e. The minimum absolute atomic E-state index is 0.0897. The molecule has 0 N–H and O–H groups in total. The Morgan fingerprint density at radius 2 is 2.00 bits per heavy atom. The average Bonchev–Trinajstić information content (AvgIpc) is 2.57. The maximum atomic E-state index is 15.0. The van der Waals surface area contributed by atoms with Gasteiger partial charge >= 0.3 is 0 Å². The van der Waals surface area contributed by atoms with Gasteiger partial charge in [0.25, 0.3) is 5.56 Å². The second kappa shape index (κ2) is 5.71. The highest BCUT2D eigenvalue weighted by Gasteiger charge is 2.36. The molecule has 2 atom stereocenters. The molecule has 134 valence electrons. The molecule has 1 saturated heterocycles. The standard InChI is InChI=1S/C19H23ClFN3O/c1-10-8-24-12(9-22(10)3)5-6-13-17(24)14-7-15(20)11(2)16(21)18(14)23(4)19(13)25/h7,10,12H,5-6,8-9H2,1-4H3. The van der Waals surface area contributed by atoms with Gasteiger partial charge in [-0.05, 0) is 39.8 Å². The van der Waals surface area contributed by atoms with Crippen molar-refractivity contribution < 1.29 is 4.39 Å². The van der Waals surface area contributed by atoms with Crippen molar-refractivity contribution in [3.63, 3.8) is 0 Å². The van der Waals surface area contributed by atoms with E-state index >= 15 is 0 Å². The van der Waals surface area contributed by atoms with Crippen molar-refractivity contribution in [1.29, 1.82) is 0 Å². The molecule has 0 aliphatic carbocycles. The second-order valence-electron chi connectivity index (χ2n) is 7.52. The highest BCUT2D eigenvalue weighted by molar-refractivity contribution is 6.32. The Hall–Kier alpha value is -1.59. The Labute approximate surface area is 151 Å². The van der Waals surface area contributed by atoms with Crippen LogP contribution in [0.3, 0.4) is 0 Å². The third-order valence-corrected chi connectivity index (χ3v) is 6.42. The van der Waals surface area contributed by atoms with Gasteiger partial charge in [0.15, 0.2) is 5.82 Å². The first kappa shape index (κ1) is 16.9. The van der Waals surface area contributed by atoms with Crippen LogP contribution in [0.2, 0.25) is 5.02 Å². The molecule has 4 nitrogen and oxygen atoms in total. The van der Waals surface area contributed by atoms with Crippen molar-refractivity contribution in [3.8, 4) is 0 Å². The fraction of sp³-hybridized carbons (Fsp3) is 0.526. The lowest BCUT2D eigenvalue weighted by Crippen LogP contribution is -2.58. The van der Waals surface area contributed by atoms with Crippen LogP contribution >= 0.6 is 11.6 Å². The average molecular weight is 364 g/mol. The van der Waals surface area contributed by atoms with Crippen LogP contribution in [-0.2, 0) is 13.5 Å². The van der Waals surface area contributed by atoms with E-state index in [-0.39, 0.29) is 5.56 Å². The van der Waals surface area contributed by atoms with E-state index in [0.29, 0.717) is 28.2 Å². The van der Waals surface area contributed by atoms with Gasteiger partial charge in [-0.15, -0.1) is 0 Å². The van der Waals surface area contributed by atoms with Crippen molar-refractivity contribution in [1.82, 2.24) is 9.47 Å². The summed E-state index contributed by atoms with van der Waals surface area (Å²) in [6.07, 6.45) is 1.68. The number of nitrogens with zero attached hydrogens (tertiary/aromatic N) is 3. The molecular formula is C19H23ClFN3O. The zero-order chi connectivity index (χ0) is 18.0. The Morgan fingerprint density at radius 1 is 1.28 bits per heavy atom. The van der Waals surface area contributed by atoms with E-state index in [1.807, 2.05) is 6.07 Å². The van der Waals surface area contributed by atoms with Crippen molar-refractivity contribution in [2.24, 2.45) is 7.05 Å². The van der Waals surface area contributed by atoms with Gasteiger partial charge in [0.2, 0.25) is 0 Å². The molecule has 0 amide bonds. The zero-order valence-electron chi connectivity index (χ0n) is 15.1.